The second kappa shape index (κ2) is 5.73. The Morgan fingerprint density at radius 2 is 2.30 bits per heavy atom. The van der Waals surface area contributed by atoms with Crippen molar-refractivity contribution >= 4 is 21.6 Å². The van der Waals surface area contributed by atoms with E-state index in [1.807, 2.05) is 12.4 Å². The van der Waals surface area contributed by atoms with Gasteiger partial charge in [-0.15, -0.1) is 11.3 Å². The topological polar surface area (TPSA) is 53.6 Å². The van der Waals surface area contributed by atoms with E-state index in [2.05, 4.69) is 51.6 Å². The maximum atomic E-state index is 4.51. The molecule has 0 fully saturated rings. The first-order valence-electron chi connectivity index (χ1n) is 6.86. The first kappa shape index (κ1) is 13.3. The summed E-state index contributed by atoms with van der Waals surface area (Å²) in [7, 11) is 0. The Labute approximate surface area is 122 Å². The van der Waals surface area contributed by atoms with Crippen LogP contribution >= 0.6 is 11.3 Å². The number of imidazole rings is 1. The number of aromatic amines is 1. The standard InChI is InChI=1S/C15H18N4S/c1-3-12(15-16-5-6-17-15)19-10(2)11-8-14-13(18-9-11)4-7-20-14/h4-10,12,19H,3H2,1-2H3,(H,16,17). The molecule has 5 heteroatoms. The van der Waals surface area contributed by atoms with E-state index in [4.69, 9.17) is 0 Å². The van der Waals surface area contributed by atoms with Crippen LogP contribution in [-0.2, 0) is 0 Å². The third-order valence-electron chi connectivity index (χ3n) is 3.53. The number of aromatic nitrogens is 3. The fourth-order valence-electron chi connectivity index (χ4n) is 2.35. The normalized spacial score (nSPS) is 14.5. The van der Waals surface area contributed by atoms with Crippen LogP contribution < -0.4 is 5.32 Å². The highest BCUT2D eigenvalue weighted by Gasteiger charge is 2.16. The summed E-state index contributed by atoms with van der Waals surface area (Å²) in [5.41, 5.74) is 2.29. The minimum atomic E-state index is 0.235. The number of nitrogens with zero attached hydrogens (tertiary/aromatic N) is 2. The average molecular weight is 286 g/mol. The predicted octanol–water partition coefficient (Wildman–Crippen LogP) is 3.82. The van der Waals surface area contributed by atoms with Gasteiger partial charge in [0.2, 0.25) is 0 Å². The third-order valence-corrected chi connectivity index (χ3v) is 4.39. The summed E-state index contributed by atoms with van der Waals surface area (Å²) in [4.78, 5) is 12.0. The second-order valence-corrected chi connectivity index (χ2v) is 5.84. The van der Waals surface area contributed by atoms with E-state index in [9.17, 15) is 0 Å². The first-order chi connectivity index (χ1) is 9.78. The Kier molecular flexibility index (Phi) is 3.80. The molecule has 0 spiro atoms. The van der Waals surface area contributed by atoms with Gasteiger partial charge in [0.25, 0.3) is 0 Å². The molecular weight excluding hydrogens is 268 g/mol. The molecule has 3 aromatic heterocycles. The summed E-state index contributed by atoms with van der Waals surface area (Å²) in [6, 6.07) is 4.75. The lowest BCUT2D eigenvalue weighted by molar-refractivity contribution is 0.441. The number of pyridine rings is 1. The van der Waals surface area contributed by atoms with E-state index in [1.165, 1.54) is 10.3 Å². The molecule has 0 saturated carbocycles. The second-order valence-electron chi connectivity index (χ2n) is 4.90. The highest BCUT2D eigenvalue weighted by molar-refractivity contribution is 7.17. The number of hydrogen-bond donors (Lipinski definition) is 2. The first-order valence-corrected chi connectivity index (χ1v) is 7.74. The van der Waals surface area contributed by atoms with Crippen molar-refractivity contribution in [2.45, 2.75) is 32.4 Å². The van der Waals surface area contributed by atoms with Crippen LogP contribution in [0.1, 0.15) is 43.7 Å². The van der Waals surface area contributed by atoms with Crippen molar-refractivity contribution in [1.82, 2.24) is 20.3 Å². The summed E-state index contributed by atoms with van der Waals surface area (Å²) in [5, 5.41) is 5.69. The van der Waals surface area contributed by atoms with E-state index in [0.717, 1.165) is 17.8 Å². The van der Waals surface area contributed by atoms with Gasteiger partial charge in [0, 0.05) is 24.6 Å². The Balaban J connectivity index is 1.79. The summed E-state index contributed by atoms with van der Waals surface area (Å²) in [5.74, 6) is 0.990. The molecule has 0 aliphatic heterocycles. The average Bonchev–Trinajstić information content (AvgIpc) is 3.14. The molecule has 0 aliphatic carbocycles. The van der Waals surface area contributed by atoms with Crippen LogP contribution in [0.2, 0.25) is 0 Å². The van der Waals surface area contributed by atoms with Gasteiger partial charge >= 0.3 is 0 Å². The zero-order chi connectivity index (χ0) is 13.9. The fraction of sp³-hybridized carbons (Fsp3) is 0.333. The summed E-state index contributed by atoms with van der Waals surface area (Å²) >= 11 is 1.73. The summed E-state index contributed by atoms with van der Waals surface area (Å²) in [6.45, 7) is 4.33. The Hall–Kier alpha value is -1.72. The van der Waals surface area contributed by atoms with Crippen LogP contribution in [0.4, 0.5) is 0 Å². The monoisotopic (exact) mass is 286 g/mol. The molecule has 0 saturated heterocycles. The Bertz CT molecular complexity index is 674. The van der Waals surface area contributed by atoms with E-state index < -0.39 is 0 Å². The number of fused-ring (bicyclic) bond motifs is 1. The highest BCUT2D eigenvalue weighted by Crippen LogP contribution is 2.24. The molecule has 0 aromatic carbocycles. The lowest BCUT2D eigenvalue weighted by Gasteiger charge is -2.21. The van der Waals surface area contributed by atoms with Crippen LogP contribution in [0.3, 0.4) is 0 Å². The van der Waals surface area contributed by atoms with Crippen LogP contribution in [0.25, 0.3) is 10.2 Å². The van der Waals surface area contributed by atoms with Gasteiger partial charge in [-0.05, 0) is 36.4 Å². The molecule has 104 valence electrons. The summed E-state index contributed by atoms with van der Waals surface area (Å²) < 4.78 is 1.24. The molecule has 3 rings (SSSR count). The highest BCUT2D eigenvalue weighted by atomic mass is 32.1. The molecule has 4 nitrogen and oxygen atoms in total. The molecular formula is C15H18N4S. The Morgan fingerprint density at radius 3 is 3.05 bits per heavy atom. The van der Waals surface area contributed by atoms with Crippen molar-refractivity contribution in [3.05, 3.63) is 47.5 Å². The number of hydrogen-bond acceptors (Lipinski definition) is 4. The Morgan fingerprint density at radius 1 is 1.40 bits per heavy atom. The number of thiophene rings is 1. The summed E-state index contributed by atoms with van der Waals surface area (Å²) in [6.07, 6.45) is 6.61. The van der Waals surface area contributed by atoms with Gasteiger partial charge in [-0.1, -0.05) is 6.92 Å². The van der Waals surface area contributed by atoms with Crippen molar-refractivity contribution < 1.29 is 0 Å². The van der Waals surface area contributed by atoms with Gasteiger partial charge < -0.3 is 10.3 Å². The largest absolute Gasteiger partial charge is 0.347 e. The molecule has 3 aromatic rings. The third kappa shape index (κ3) is 2.59. The molecule has 3 heterocycles. The van der Waals surface area contributed by atoms with Crippen LogP contribution in [0.15, 0.2) is 36.1 Å². The number of rotatable bonds is 5. The molecule has 2 N–H and O–H groups in total. The van der Waals surface area contributed by atoms with E-state index in [-0.39, 0.29) is 12.1 Å². The smallest absolute Gasteiger partial charge is 0.123 e. The lowest BCUT2D eigenvalue weighted by atomic mass is 10.1. The van der Waals surface area contributed by atoms with Gasteiger partial charge in [-0.2, -0.15) is 0 Å². The van der Waals surface area contributed by atoms with Gasteiger partial charge in [0.05, 0.1) is 16.3 Å². The molecule has 2 unspecified atom stereocenters. The molecule has 20 heavy (non-hydrogen) atoms. The van der Waals surface area contributed by atoms with Gasteiger partial charge in [-0.25, -0.2) is 4.98 Å². The van der Waals surface area contributed by atoms with E-state index in [1.54, 1.807) is 17.5 Å². The van der Waals surface area contributed by atoms with E-state index in [0.29, 0.717) is 0 Å². The molecule has 0 amide bonds. The zero-order valence-electron chi connectivity index (χ0n) is 11.6. The number of nitrogens with one attached hydrogen (secondary N) is 2. The minimum absolute atomic E-state index is 0.235. The maximum Gasteiger partial charge on any atom is 0.123 e. The van der Waals surface area contributed by atoms with Crippen molar-refractivity contribution in [2.75, 3.05) is 0 Å². The van der Waals surface area contributed by atoms with Crippen molar-refractivity contribution in [1.29, 1.82) is 0 Å². The van der Waals surface area contributed by atoms with Crippen LogP contribution in [-0.4, -0.2) is 15.0 Å². The lowest BCUT2D eigenvalue weighted by Crippen LogP contribution is -2.25. The van der Waals surface area contributed by atoms with Crippen molar-refractivity contribution in [3.63, 3.8) is 0 Å². The molecule has 0 bridgehead atoms. The van der Waals surface area contributed by atoms with Crippen LogP contribution in [0, 0.1) is 0 Å². The maximum absolute atomic E-state index is 4.51. The van der Waals surface area contributed by atoms with Gasteiger partial charge in [-0.3, -0.25) is 4.98 Å². The quantitative estimate of drug-likeness (QED) is 0.749. The van der Waals surface area contributed by atoms with Crippen molar-refractivity contribution in [2.24, 2.45) is 0 Å². The predicted molar refractivity (Wildman–Crippen MR) is 82.8 cm³/mol. The molecule has 0 aliphatic rings. The molecule has 0 radical (unpaired) electrons. The van der Waals surface area contributed by atoms with Gasteiger partial charge in [0.1, 0.15) is 5.82 Å². The fourth-order valence-corrected chi connectivity index (χ4v) is 3.14. The van der Waals surface area contributed by atoms with E-state index >= 15 is 0 Å². The SMILES string of the molecule is CCC(NC(C)c1cnc2ccsc2c1)c1ncc[nH]1. The van der Waals surface area contributed by atoms with Gasteiger partial charge in [0.15, 0.2) is 0 Å². The zero-order valence-corrected chi connectivity index (χ0v) is 12.4. The van der Waals surface area contributed by atoms with Crippen LogP contribution in [0.5, 0.6) is 0 Å². The molecule has 2 atom stereocenters. The minimum Gasteiger partial charge on any atom is -0.347 e. The number of H-pyrrole nitrogens is 1. The van der Waals surface area contributed by atoms with Crippen molar-refractivity contribution in [3.8, 4) is 0 Å².